The molecular weight excluding hydrogens is 248 g/mol. The van der Waals surface area contributed by atoms with E-state index in [1.807, 2.05) is 19.0 Å². The summed E-state index contributed by atoms with van der Waals surface area (Å²) in [5.41, 5.74) is 5.72. The quantitative estimate of drug-likeness (QED) is 0.638. The molecule has 0 spiro atoms. The van der Waals surface area contributed by atoms with Crippen molar-refractivity contribution in [2.45, 2.75) is 6.04 Å². The molecule has 110 valence electrons. The molecule has 7 heteroatoms. The van der Waals surface area contributed by atoms with Crippen LogP contribution in [0.4, 0.5) is 0 Å². The highest BCUT2D eigenvalue weighted by molar-refractivity contribution is 5.82. The van der Waals surface area contributed by atoms with Crippen LogP contribution in [0.2, 0.25) is 0 Å². The summed E-state index contributed by atoms with van der Waals surface area (Å²) in [6.45, 7) is 2.83. The van der Waals surface area contributed by atoms with Gasteiger partial charge in [0.15, 0.2) is 0 Å². The lowest BCUT2D eigenvalue weighted by Crippen LogP contribution is -2.56. The highest BCUT2D eigenvalue weighted by atomic mass is 16.5. The number of ether oxygens (including phenoxy) is 1. The second-order valence-corrected chi connectivity index (χ2v) is 5.01. The van der Waals surface area contributed by atoms with Crippen molar-refractivity contribution in [2.75, 3.05) is 60.5 Å². The molecule has 1 saturated heterocycles. The number of rotatable bonds is 5. The first-order chi connectivity index (χ1) is 8.95. The second kappa shape index (κ2) is 7.42. The van der Waals surface area contributed by atoms with Crippen LogP contribution in [0.5, 0.6) is 0 Å². The number of nitrogens with zero attached hydrogens (tertiary/aromatic N) is 3. The van der Waals surface area contributed by atoms with Gasteiger partial charge in [-0.2, -0.15) is 0 Å². The number of piperazine rings is 1. The van der Waals surface area contributed by atoms with Gasteiger partial charge in [-0.15, -0.1) is 0 Å². The van der Waals surface area contributed by atoms with Crippen molar-refractivity contribution in [3.63, 3.8) is 0 Å². The highest BCUT2D eigenvalue weighted by Gasteiger charge is 2.27. The number of hydrogen-bond donors (Lipinski definition) is 1. The lowest BCUT2D eigenvalue weighted by Gasteiger charge is -2.36. The van der Waals surface area contributed by atoms with Crippen LogP contribution in [-0.2, 0) is 14.3 Å². The van der Waals surface area contributed by atoms with Gasteiger partial charge in [-0.05, 0) is 14.1 Å². The Balaban J connectivity index is 2.40. The summed E-state index contributed by atoms with van der Waals surface area (Å²) in [6, 6.07) is -0.617. The summed E-state index contributed by atoms with van der Waals surface area (Å²) in [7, 11) is 5.24. The van der Waals surface area contributed by atoms with Crippen LogP contribution in [0.15, 0.2) is 0 Å². The first-order valence-electron chi connectivity index (χ1n) is 6.41. The van der Waals surface area contributed by atoms with Crippen molar-refractivity contribution in [3.8, 4) is 0 Å². The number of carbonyl (C=O) groups is 2. The Bertz CT molecular complexity index is 314. The van der Waals surface area contributed by atoms with Crippen molar-refractivity contribution in [1.29, 1.82) is 0 Å². The Labute approximate surface area is 114 Å². The van der Waals surface area contributed by atoms with E-state index in [4.69, 9.17) is 10.5 Å². The molecule has 1 rings (SSSR count). The Kier molecular flexibility index (Phi) is 6.20. The molecule has 1 fully saturated rings. The van der Waals surface area contributed by atoms with E-state index in [9.17, 15) is 9.59 Å². The molecule has 1 aliphatic heterocycles. The van der Waals surface area contributed by atoms with Gasteiger partial charge in [0.2, 0.25) is 11.8 Å². The number of hydrogen-bond acceptors (Lipinski definition) is 5. The predicted molar refractivity (Wildman–Crippen MR) is 71.6 cm³/mol. The first kappa shape index (κ1) is 15.9. The number of likely N-dealkylation sites (N-methyl/N-ethyl adjacent to an activating group) is 1. The zero-order chi connectivity index (χ0) is 14.4. The minimum absolute atomic E-state index is 0.0956. The fourth-order valence-corrected chi connectivity index (χ4v) is 2.03. The number of carbonyl (C=O) groups excluding carboxylic acids is 2. The molecule has 0 aromatic heterocycles. The van der Waals surface area contributed by atoms with Gasteiger partial charge in [0.05, 0.1) is 13.2 Å². The number of nitrogens with two attached hydrogens (primary N) is 1. The first-order valence-corrected chi connectivity index (χ1v) is 6.41. The molecule has 0 bridgehead atoms. The SMILES string of the molecule is COCC(N)C(=O)N1CCN(C(=O)CN(C)C)CC1. The molecule has 2 amide bonds. The van der Waals surface area contributed by atoms with Crippen LogP contribution >= 0.6 is 0 Å². The maximum Gasteiger partial charge on any atom is 0.241 e. The lowest BCUT2D eigenvalue weighted by atomic mass is 10.2. The maximum absolute atomic E-state index is 12.0. The molecule has 1 heterocycles. The maximum atomic E-state index is 12.0. The van der Waals surface area contributed by atoms with Crippen molar-refractivity contribution in [3.05, 3.63) is 0 Å². The molecule has 1 atom stereocenters. The predicted octanol–water partition coefficient (Wildman–Crippen LogP) is -1.81. The van der Waals surface area contributed by atoms with Crippen LogP contribution in [0, 0.1) is 0 Å². The van der Waals surface area contributed by atoms with Gasteiger partial charge in [0.1, 0.15) is 6.04 Å². The molecule has 0 saturated carbocycles. The van der Waals surface area contributed by atoms with E-state index in [2.05, 4.69) is 0 Å². The van der Waals surface area contributed by atoms with Gasteiger partial charge in [-0.3, -0.25) is 9.59 Å². The minimum Gasteiger partial charge on any atom is -0.383 e. The molecule has 0 radical (unpaired) electrons. The van der Waals surface area contributed by atoms with Crippen LogP contribution in [0.25, 0.3) is 0 Å². The zero-order valence-corrected chi connectivity index (χ0v) is 12.0. The van der Waals surface area contributed by atoms with E-state index in [1.165, 1.54) is 7.11 Å². The van der Waals surface area contributed by atoms with E-state index in [0.29, 0.717) is 32.7 Å². The molecule has 0 aliphatic carbocycles. The Hall–Kier alpha value is -1.18. The van der Waals surface area contributed by atoms with E-state index in [1.54, 1.807) is 9.80 Å². The third kappa shape index (κ3) is 4.77. The molecule has 1 aliphatic rings. The van der Waals surface area contributed by atoms with Crippen LogP contribution < -0.4 is 5.73 Å². The molecule has 0 aromatic carbocycles. The Morgan fingerprint density at radius 1 is 1.21 bits per heavy atom. The van der Waals surface area contributed by atoms with Crippen molar-refractivity contribution >= 4 is 11.8 Å². The van der Waals surface area contributed by atoms with E-state index in [-0.39, 0.29) is 18.4 Å². The topological polar surface area (TPSA) is 79.1 Å². The van der Waals surface area contributed by atoms with Crippen LogP contribution in [-0.4, -0.2) is 93.1 Å². The minimum atomic E-state index is -0.617. The molecule has 19 heavy (non-hydrogen) atoms. The fraction of sp³-hybridized carbons (Fsp3) is 0.833. The molecule has 1 unspecified atom stereocenters. The monoisotopic (exact) mass is 272 g/mol. The summed E-state index contributed by atoms with van der Waals surface area (Å²) < 4.78 is 4.88. The second-order valence-electron chi connectivity index (χ2n) is 5.01. The van der Waals surface area contributed by atoms with Crippen LogP contribution in [0.1, 0.15) is 0 Å². The average molecular weight is 272 g/mol. The molecular formula is C12H24N4O3. The molecule has 0 aromatic rings. The largest absolute Gasteiger partial charge is 0.383 e. The van der Waals surface area contributed by atoms with Crippen molar-refractivity contribution in [2.24, 2.45) is 5.73 Å². The van der Waals surface area contributed by atoms with E-state index >= 15 is 0 Å². The highest BCUT2D eigenvalue weighted by Crippen LogP contribution is 2.04. The summed E-state index contributed by atoms with van der Waals surface area (Å²) in [5.74, 6) is -0.0140. The van der Waals surface area contributed by atoms with Gasteiger partial charge in [-0.25, -0.2) is 0 Å². The van der Waals surface area contributed by atoms with Crippen molar-refractivity contribution < 1.29 is 14.3 Å². The fourth-order valence-electron chi connectivity index (χ4n) is 2.03. The van der Waals surface area contributed by atoms with Gasteiger partial charge in [0, 0.05) is 33.3 Å². The van der Waals surface area contributed by atoms with Gasteiger partial charge < -0.3 is 25.2 Å². The number of methoxy groups -OCH3 is 1. The van der Waals surface area contributed by atoms with Crippen molar-refractivity contribution in [1.82, 2.24) is 14.7 Å². The summed E-state index contributed by atoms with van der Waals surface area (Å²) >= 11 is 0. The van der Waals surface area contributed by atoms with Crippen LogP contribution in [0.3, 0.4) is 0 Å². The summed E-state index contributed by atoms with van der Waals surface area (Å²) in [6.07, 6.45) is 0. The zero-order valence-electron chi connectivity index (χ0n) is 12.0. The number of amides is 2. The third-order valence-corrected chi connectivity index (χ3v) is 3.06. The van der Waals surface area contributed by atoms with Gasteiger partial charge in [-0.1, -0.05) is 0 Å². The lowest BCUT2D eigenvalue weighted by molar-refractivity contribution is -0.141. The summed E-state index contributed by atoms with van der Waals surface area (Å²) in [5, 5.41) is 0. The Morgan fingerprint density at radius 3 is 2.21 bits per heavy atom. The van der Waals surface area contributed by atoms with Gasteiger partial charge >= 0.3 is 0 Å². The Morgan fingerprint density at radius 2 is 1.74 bits per heavy atom. The van der Waals surface area contributed by atoms with Gasteiger partial charge in [0.25, 0.3) is 0 Å². The molecule has 7 nitrogen and oxygen atoms in total. The van der Waals surface area contributed by atoms with E-state index in [0.717, 1.165) is 0 Å². The standard InChI is InChI=1S/C12H24N4O3/c1-14(2)8-11(17)15-4-6-16(7-5-15)12(18)10(13)9-19-3/h10H,4-9,13H2,1-3H3. The average Bonchev–Trinajstić information content (AvgIpc) is 2.37. The normalized spacial score (nSPS) is 17.7. The van der Waals surface area contributed by atoms with E-state index < -0.39 is 6.04 Å². The smallest absolute Gasteiger partial charge is 0.241 e. The summed E-state index contributed by atoms with van der Waals surface area (Å²) in [4.78, 5) is 29.1. The molecule has 2 N–H and O–H groups in total. The third-order valence-electron chi connectivity index (χ3n) is 3.06.